The molecule has 0 saturated carbocycles. The zero-order valence-corrected chi connectivity index (χ0v) is 19.6. The molecule has 0 amide bonds. The Labute approximate surface area is 188 Å². The summed E-state index contributed by atoms with van der Waals surface area (Å²) in [4.78, 5) is 13.8. The van der Waals surface area contributed by atoms with Crippen molar-refractivity contribution in [1.29, 1.82) is 0 Å². The predicted molar refractivity (Wildman–Crippen MR) is 128 cm³/mol. The van der Waals surface area contributed by atoms with Crippen LogP contribution in [0.2, 0.25) is 0 Å². The lowest BCUT2D eigenvalue weighted by molar-refractivity contribution is -0.140. The van der Waals surface area contributed by atoms with Gasteiger partial charge in [0.1, 0.15) is 0 Å². The van der Waals surface area contributed by atoms with Gasteiger partial charge in [0.15, 0.2) is 0 Å². The van der Waals surface area contributed by atoms with Gasteiger partial charge in [-0.15, -0.1) is 0 Å². The maximum absolute atomic E-state index is 13.5. The molecule has 2 N–H and O–H groups in total. The quantitative estimate of drug-likeness (QED) is 0.582. The van der Waals surface area contributed by atoms with Gasteiger partial charge in [0.25, 0.3) is 10.0 Å². The Morgan fingerprint density at radius 1 is 1.00 bits per heavy atom. The highest BCUT2D eigenvalue weighted by Crippen LogP contribution is 2.36. The molecule has 0 radical (unpaired) electrons. The fraction of sp³-hybridized carbons (Fsp3) is 0.320. The average Bonchev–Trinajstić information content (AvgIpc) is 3.23. The first-order chi connectivity index (χ1) is 15.1. The maximum atomic E-state index is 13.5. The summed E-state index contributed by atoms with van der Waals surface area (Å²) in [5, 5.41) is 11.0. The number of carboxylic acid groups (broad SMARTS) is 1. The first kappa shape index (κ1) is 22.1. The number of hydrogen-bond donors (Lipinski definition) is 2. The van der Waals surface area contributed by atoms with Crippen LogP contribution < -0.4 is 9.62 Å². The minimum Gasteiger partial charge on any atom is -0.481 e. The summed E-state index contributed by atoms with van der Waals surface area (Å²) in [6, 6.07) is 13.3. The Hall–Kier alpha value is -3.06. The normalized spacial score (nSPS) is 16.5. The first-order valence-electron chi connectivity index (χ1n) is 10.7. The highest BCUT2D eigenvalue weighted by Gasteiger charge is 2.29. The van der Waals surface area contributed by atoms with Crippen molar-refractivity contribution in [1.82, 2.24) is 0 Å². The Morgan fingerprint density at radius 3 is 2.22 bits per heavy atom. The van der Waals surface area contributed by atoms with E-state index < -0.39 is 16.0 Å². The van der Waals surface area contributed by atoms with Crippen LogP contribution >= 0.6 is 0 Å². The third-order valence-corrected chi connectivity index (χ3v) is 8.23. The summed E-state index contributed by atoms with van der Waals surface area (Å²) in [5.41, 5.74) is 4.81. The number of benzene rings is 3. The van der Waals surface area contributed by atoms with Crippen molar-refractivity contribution in [3.05, 3.63) is 64.7 Å². The number of rotatable bonds is 5. The Bertz CT molecular complexity index is 1310. The fourth-order valence-electron chi connectivity index (χ4n) is 4.61. The molecule has 4 rings (SSSR count). The molecule has 0 aromatic heterocycles. The summed E-state index contributed by atoms with van der Waals surface area (Å²) in [6.07, 6.45) is 0.600. The fourth-order valence-corrected chi connectivity index (χ4v) is 6.31. The van der Waals surface area contributed by atoms with E-state index in [2.05, 4.69) is 9.62 Å². The van der Waals surface area contributed by atoms with Gasteiger partial charge in [-0.2, -0.15) is 0 Å². The molecule has 1 fully saturated rings. The summed E-state index contributed by atoms with van der Waals surface area (Å²) < 4.78 is 29.7. The van der Waals surface area contributed by atoms with Crippen LogP contribution in [0.4, 0.5) is 11.4 Å². The third-order valence-electron chi connectivity index (χ3n) is 6.59. The zero-order chi connectivity index (χ0) is 23.2. The second kappa shape index (κ2) is 8.13. The van der Waals surface area contributed by atoms with Crippen LogP contribution in [0.25, 0.3) is 10.8 Å². The van der Waals surface area contributed by atoms with Gasteiger partial charge in [0.2, 0.25) is 0 Å². The van der Waals surface area contributed by atoms with Crippen LogP contribution in [0.5, 0.6) is 0 Å². The van der Waals surface area contributed by atoms with Gasteiger partial charge in [0.05, 0.1) is 16.5 Å². The smallest absolute Gasteiger partial charge is 0.308 e. The van der Waals surface area contributed by atoms with E-state index in [0.717, 1.165) is 38.7 Å². The van der Waals surface area contributed by atoms with Crippen molar-refractivity contribution in [3.8, 4) is 0 Å². The maximum Gasteiger partial charge on any atom is 0.308 e. The molecule has 6 nitrogen and oxygen atoms in total. The van der Waals surface area contributed by atoms with Crippen molar-refractivity contribution < 1.29 is 18.3 Å². The highest BCUT2D eigenvalue weighted by molar-refractivity contribution is 7.92. The molecule has 1 saturated heterocycles. The molecule has 1 aliphatic rings. The van der Waals surface area contributed by atoms with Crippen molar-refractivity contribution in [3.63, 3.8) is 0 Å². The average molecular weight is 453 g/mol. The molecule has 1 unspecified atom stereocenters. The number of fused-ring (bicyclic) bond motifs is 1. The molecule has 1 heterocycles. The largest absolute Gasteiger partial charge is 0.481 e. The Kier molecular flexibility index (Phi) is 5.63. The van der Waals surface area contributed by atoms with E-state index in [4.69, 9.17) is 0 Å². The van der Waals surface area contributed by atoms with Crippen molar-refractivity contribution in [2.24, 2.45) is 5.92 Å². The molecule has 1 atom stereocenters. The lowest BCUT2D eigenvalue weighted by Gasteiger charge is -2.22. The number of carboxylic acids is 1. The van der Waals surface area contributed by atoms with Crippen LogP contribution in [0, 0.1) is 33.6 Å². The molecule has 3 aromatic carbocycles. The van der Waals surface area contributed by atoms with E-state index in [1.54, 1.807) is 6.07 Å². The summed E-state index contributed by atoms with van der Waals surface area (Å²) in [6.45, 7) is 8.63. The lowest BCUT2D eigenvalue weighted by atomic mass is 10.0. The summed E-state index contributed by atoms with van der Waals surface area (Å²) in [5.74, 6) is -1.16. The molecule has 3 aromatic rings. The van der Waals surface area contributed by atoms with Gasteiger partial charge in [-0.05, 0) is 68.5 Å². The molecule has 1 aliphatic heterocycles. The standard InChI is InChI=1S/C25H28N2O4S/c1-15-13-16(2)18(4)24(17(15)3)32(30,31)26-22-9-10-23(21-8-6-5-7-20(21)22)27-12-11-19(14-27)25(28)29/h5-10,13,19,26H,11-12,14H2,1-4H3,(H,28,29). The first-order valence-corrected chi connectivity index (χ1v) is 12.2. The predicted octanol–water partition coefficient (Wildman–Crippen LogP) is 4.79. The van der Waals surface area contributed by atoms with E-state index in [1.807, 2.05) is 64.1 Å². The number of aryl methyl sites for hydroxylation is 2. The van der Waals surface area contributed by atoms with E-state index in [-0.39, 0.29) is 5.92 Å². The van der Waals surface area contributed by atoms with Crippen molar-refractivity contribution in [2.75, 3.05) is 22.7 Å². The van der Waals surface area contributed by atoms with Crippen LogP contribution in [0.15, 0.2) is 47.4 Å². The minimum atomic E-state index is -3.80. The third kappa shape index (κ3) is 3.81. The van der Waals surface area contributed by atoms with Gasteiger partial charge in [-0.25, -0.2) is 8.42 Å². The molecule has 168 valence electrons. The van der Waals surface area contributed by atoms with Crippen LogP contribution in [-0.2, 0) is 14.8 Å². The Balaban J connectivity index is 1.77. The Morgan fingerprint density at radius 2 is 1.62 bits per heavy atom. The van der Waals surface area contributed by atoms with E-state index in [1.165, 1.54) is 0 Å². The monoisotopic (exact) mass is 452 g/mol. The SMILES string of the molecule is Cc1cc(C)c(C)c(S(=O)(=O)Nc2ccc(N3CCC(C(=O)O)C3)c3ccccc23)c1C. The number of nitrogens with one attached hydrogen (secondary N) is 1. The molecular formula is C25H28N2O4S. The van der Waals surface area contributed by atoms with Gasteiger partial charge < -0.3 is 10.0 Å². The molecule has 0 spiro atoms. The van der Waals surface area contributed by atoms with Gasteiger partial charge in [-0.3, -0.25) is 9.52 Å². The lowest BCUT2D eigenvalue weighted by Crippen LogP contribution is -2.23. The van der Waals surface area contributed by atoms with Crippen LogP contribution in [0.1, 0.15) is 28.7 Å². The number of aliphatic carboxylic acids is 1. The topological polar surface area (TPSA) is 86.7 Å². The molecule has 32 heavy (non-hydrogen) atoms. The van der Waals surface area contributed by atoms with Crippen LogP contribution in [-0.4, -0.2) is 32.6 Å². The molecule has 7 heteroatoms. The zero-order valence-electron chi connectivity index (χ0n) is 18.8. The summed E-state index contributed by atoms with van der Waals surface area (Å²) in [7, 11) is -3.80. The number of anilines is 2. The number of hydrogen-bond acceptors (Lipinski definition) is 4. The minimum absolute atomic E-state index is 0.326. The van der Waals surface area contributed by atoms with E-state index in [0.29, 0.717) is 30.1 Å². The van der Waals surface area contributed by atoms with E-state index >= 15 is 0 Å². The second-order valence-corrected chi connectivity index (χ2v) is 10.3. The second-order valence-electron chi connectivity index (χ2n) is 8.64. The van der Waals surface area contributed by atoms with Crippen molar-refractivity contribution in [2.45, 2.75) is 39.0 Å². The van der Waals surface area contributed by atoms with E-state index in [9.17, 15) is 18.3 Å². The highest BCUT2D eigenvalue weighted by atomic mass is 32.2. The number of nitrogens with zero attached hydrogens (tertiary/aromatic N) is 1. The van der Waals surface area contributed by atoms with Gasteiger partial charge in [0, 0.05) is 29.5 Å². The molecule has 0 bridgehead atoms. The van der Waals surface area contributed by atoms with Crippen molar-refractivity contribution >= 4 is 38.1 Å². The molecular weight excluding hydrogens is 424 g/mol. The number of sulfonamides is 1. The summed E-state index contributed by atoms with van der Waals surface area (Å²) >= 11 is 0. The van der Waals surface area contributed by atoms with Gasteiger partial charge >= 0.3 is 5.97 Å². The number of carbonyl (C=O) groups is 1. The molecule has 0 aliphatic carbocycles. The van der Waals surface area contributed by atoms with Crippen LogP contribution in [0.3, 0.4) is 0 Å². The van der Waals surface area contributed by atoms with Gasteiger partial charge in [-0.1, -0.05) is 30.3 Å².